The lowest BCUT2D eigenvalue weighted by atomic mass is 10.1. The molecule has 0 saturated carbocycles. The zero-order valence-electron chi connectivity index (χ0n) is 24.3. The number of hydrogen-bond acceptors (Lipinski definition) is 10. The molecule has 14 heteroatoms. The summed E-state index contributed by atoms with van der Waals surface area (Å²) in [7, 11) is 1.60. The molecule has 0 amide bonds. The number of nitrogens with zero attached hydrogens (tertiary/aromatic N) is 4. The van der Waals surface area contributed by atoms with Gasteiger partial charge < -0.3 is 31.9 Å². The van der Waals surface area contributed by atoms with Crippen molar-refractivity contribution in [2.75, 3.05) is 29.2 Å². The van der Waals surface area contributed by atoms with E-state index in [0.717, 1.165) is 55.3 Å². The van der Waals surface area contributed by atoms with E-state index in [1.807, 2.05) is 12.1 Å². The third kappa shape index (κ3) is 5.03. The lowest BCUT2D eigenvalue weighted by Gasteiger charge is -2.15. The van der Waals surface area contributed by atoms with Crippen LogP contribution < -0.4 is 26.8 Å². The number of phenols is 1. The van der Waals surface area contributed by atoms with Crippen molar-refractivity contribution in [3.05, 3.63) is 70.3 Å². The number of pyridine rings is 2. The van der Waals surface area contributed by atoms with Crippen molar-refractivity contribution in [2.45, 2.75) is 38.5 Å². The fourth-order valence-corrected chi connectivity index (χ4v) is 6.03. The summed E-state index contributed by atoms with van der Waals surface area (Å²) < 4.78 is 34.0. The third-order valence-electron chi connectivity index (χ3n) is 8.27. The van der Waals surface area contributed by atoms with Gasteiger partial charge in [0.15, 0.2) is 34.6 Å². The minimum absolute atomic E-state index is 0.0228. The van der Waals surface area contributed by atoms with Crippen molar-refractivity contribution in [3.8, 4) is 11.5 Å². The van der Waals surface area contributed by atoms with Crippen LogP contribution in [0.5, 0.6) is 11.5 Å². The predicted molar refractivity (Wildman–Crippen MR) is 168 cm³/mol. The number of aromatic hydroxyl groups is 1. The molecule has 230 valence electrons. The van der Waals surface area contributed by atoms with Crippen LogP contribution in [0.25, 0.3) is 22.1 Å². The highest BCUT2D eigenvalue weighted by molar-refractivity contribution is 5.88. The van der Waals surface area contributed by atoms with Crippen molar-refractivity contribution in [1.82, 2.24) is 30.4 Å². The van der Waals surface area contributed by atoms with Crippen LogP contribution in [0, 0.1) is 11.6 Å². The molecule has 45 heavy (non-hydrogen) atoms. The van der Waals surface area contributed by atoms with Crippen LogP contribution >= 0.6 is 0 Å². The van der Waals surface area contributed by atoms with E-state index in [1.54, 1.807) is 13.2 Å². The fraction of sp³-hybridized carbons (Fsp3) is 0.226. The van der Waals surface area contributed by atoms with Crippen molar-refractivity contribution >= 4 is 56.7 Å². The Morgan fingerprint density at radius 2 is 1.27 bits per heavy atom. The number of aromatic amines is 2. The minimum atomic E-state index is -0.546. The maximum absolute atomic E-state index is 14.4. The lowest BCUT2D eigenvalue weighted by Crippen LogP contribution is -2.03. The number of benzene rings is 2. The van der Waals surface area contributed by atoms with E-state index < -0.39 is 11.6 Å². The Bertz CT molecular complexity index is 2090. The molecule has 4 heterocycles. The normalized spacial score (nSPS) is 13.4. The number of methoxy groups -OCH3 is 1. The summed E-state index contributed by atoms with van der Waals surface area (Å²) >= 11 is 0. The lowest BCUT2D eigenvalue weighted by molar-refractivity contribution is 0.416. The molecule has 0 fully saturated rings. The zero-order chi connectivity index (χ0) is 31.2. The third-order valence-corrected chi connectivity index (χ3v) is 8.27. The van der Waals surface area contributed by atoms with Crippen molar-refractivity contribution in [3.63, 3.8) is 0 Å². The molecule has 9 N–H and O–H groups in total. The molecule has 0 atom stereocenters. The number of aryl methyl sites for hydroxylation is 2. The SMILES string of the molecule is COc1ccc2c(c1Nc1nc3n[nH]c(N)c3cc1F)CCC2.Nc1[nH]nc2nc(Nc3c(O)ccc4c3CCC4)c(F)cc12. The van der Waals surface area contributed by atoms with E-state index in [0.29, 0.717) is 39.3 Å². The number of hydrogen-bond donors (Lipinski definition) is 7. The minimum Gasteiger partial charge on any atom is -0.506 e. The first-order valence-electron chi connectivity index (χ1n) is 14.5. The number of H-pyrrole nitrogens is 2. The van der Waals surface area contributed by atoms with Crippen LogP contribution in [-0.2, 0) is 25.7 Å². The van der Waals surface area contributed by atoms with E-state index in [4.69, 9.17) is 16.2 Å². The number of ether oxygens (including phenoxy) is 1. The van der Waals surface area contributed by atoms with Gasteiger partial charge in [-0.15, -0.1) is 0 Å². The number of halogens is 2. The van der Waals surface area contributed by atoms with Crippen molar-refractivity contribution < 1.29 is 18.6 Å². The highest BCUT2D eigenvalue weighted by Crippen LogP contribution is 2.39. The van der Waals surface area contributed by atoms with Gasteiger partial charge in [0.1, 0.15) is 23.1 Å². The molecule has 2 aliphatic rings. The van der Waals surface area contributed by atoms with Gasteiger partial charge in [0.2, 0.25) is 0 Å². The molecule has 0 unspecified atom stereocenters. The van der Waals surface area contributed by atoms with Gasteiger partial charge in [0.05, 0.1) is 29.3 Å². The summed E-state index contributed by atoms with van der Waals surface area (Å²) in [4.78, 5) is 8.37. The molecule has 2 aliphatic carbocycles. The molecular formula is C31H30F2N10O2. The smallest absolute Gasteiger partial charge is 0.185 e. The Kier molecular flexibility index (Phi) is 6.95. The van der Waals surface area contributed by atoms with Gasteiger partial charge in [0.25, 0.3) is 0 Å². The van der Waals surface area contributed by atoms with Gasteiger partial charge in [-0.1, -0.05) is 12.1 Å². The van der Waals surface area contributed by atoms with Crippen LogP contribution in [0.2, 0.25) is 0 Å². The van der Waals surface area contributed by atoms with E-state index in [2.05, 4.69) is 47.1 Å². The van der Waals surface area contributed by atoms with Crippen molar-refractivity contribution in [1.29, 1.82) is 0 Å². The number of anilines is 6. The van der Waals surface area contributed by atoms with Gasteiger partial charge in [-0.3, -0.25) is 10.2 Å². The number of nitrogen functional groups attached to an aromatic ring is 2. The molecule has 0 aliphatic heterocycles. The second-order valence-corrected chi connectivity index (χ2v) is 11.0. The van der Waals surface area contributed by atoms with E-state index in [9.17, 15) is 13.9 Å². The van der Waals surface area contributed by atoms with Gasteiger partial charge >= 0.3 is 0 Å². The van der Waals surface area contributed by atoms with Gasteiger partial charge in [-0.25, -0.2) is 18.7 Å². The Morgan fingerprint density at radius 3 is 1.82 bits per heavy atom. The highest BCUT2D eigenvalue weighted by Gasteiger charge is 2.22. The number of aromatic nitrogens is 6. The Hall–Kier alpha value is -5.66. The van der Waals surface area contributed by atoms with Crippen LogP contribution in [0.4, 0.5) is 43.4 Å². The molecule has 0 saturated heterocycles. The second-order valence-electron chi connectivity index (χ2n) is 11.0. The predicted octanol–water partition coefficient (Wildman–Crippen LogP) is 5.54. The molecule has 2 aromatic carbocycles. The maximum atomic E-state index is 14.4. The first-order valence-corrected chi connectivity index (χ1v) is 14.5. The summed E-state index contributed by atoms with van der Waals surface area (Å²) in [6.45, 7) is 0. The summed E-state index contributed by atoms with van der Waals surface area (Å²) in [5.74, 6) is 0.445. The first kappa shape index (κ1) is 28.1. The van der Waals surface area contributed by atoms with Gasteiger partial charge in [-0.2, -0.15) is 10.2 Å². The van der Waals surface area contributed by atoms with Crippen LogP contribution in [0.3, 0.4) is 0 Å². The van der Waals surface area contributed by atoms with E-state index in [-0.39, 0.29) is 23.2 Å². The topological polar surface area (TPSA) is 189 Å². The van der Waals surface area contributed by atoms with Crippen LogP contribution in [0.1, 0.15) is 35.1 Å². The molecule has 8 rings (SSSR count). The molecule has 6 aromatic rings. The van der Waals surface area contributed by atoms with Crippen LogP contribution in [-0.4, -0.2) is 42.6 Å². The van der Waals surface area contributed by atoms with Crippen LogP contribution in [0.15, 0.2) is 36.4 Å². The molecule has 0 spiro atoms. The first-order chi connectivity index (χ1) is 21.8. The average Bonchev–Trinajstić information content (AvgIpc) is 3.84. The molecule has 0 radical (unpaired) electrons. The Morgan fingerprint density at radius 1 is 0.756 bits per heavy atom. The van der Waals surface area contributed by atoms with Crippen molar-refractivity contribution in [2.24, 2.45) is 0 Å². The summed E-state index contributed by atoms with van der Waals surface area (Å²) in [6.07, 6.45) is 5.90. The largest absolute Gasteiger partial charge is 0.506 e. The number of nitrogens with two attached hydrogens (primary N) is 2. The number of nitrogens with one attached hydrogen (secondary N) is 4. The molecule has 4 aromatic heterocycles. The highest BCUT2D eigenvalue weighted by atomic mass is 19.1. The Balaban J connectivity index is 0.000000145. The van der Waals surface area contributed by atoms with E-state index in [1.165, 1.54) is 23.3 Å². The fourth-order valence-electron chi connectivity index (χ4n) is 6.03. The average molecular weight is 613 g/mol. The van der Waals surface area contributed by atoms with Gasteiger partial charge in [0, 0.05) is 0 Å². The Labute approximate surface area is 255 Å². The van der Waals surface area contributed by atoms with E-state index >= 15 is 0 Å². The molecular weight excluding hydrogens is 582 g/mol. The number of fused-ring (bicyclic) bond motifs is 4. The van der Waals surface area contributed by atoms with Gasteiger partial charge in [-0.05, 0) is 85.0 Å². The standard InChI is InChI=1S/C16H16FN5O.C15H14FN5O/c1-23-12-6-5-8-3-2-4-9(8)13(12)19-16-11(17)7-10-14(18)21-22-15(10)20-16;16-10-6-9-13(17)20-21-14(9)19-15(10)18-12-8-3-1-2-7(8)4-5-11(12)22/h5-7H,2-4H2,1H3,(H4,18,19,20,21,22);4-6,22H,1-3H2,(H4,17,18,19,20,21). The second kappa shape index (κ2) is 11.1. The number of phenolic OH excluding ortho intramolecular Hbond substituents is 1. The maximum Gasteiger partial charge on any atom is 0.185 e. The molecule has 0 bridgehead atoms. The summed E-state index contributed by atoms with van der Waals surface area (Å²) in [5.41, 5.74) is 18.0. The monoisotopic (exact) mass is 612 g/mol. The summed E-state index contributed by atoms with van der Waals surface area (Å²) in [5, 5.41) is 30.1. The molecule has 12 nitrogen and oxygen atoms in total. The zero-order valence-corrected chi connectivity index (χ0v) is 24.3. The summed E-state index contributed by atoms with van der Waals surface area (Å²) in [6, 6.07) is 10.1. The number of rotatable bonds is 5. The quantitative estimate of drug-likeness (QED) is 0.122.